The van der Waals surface area contributed by atoms with Crippen LogP contribution in [-0.4, -0.2) is 6.69 Å². The van der Waals surface area contributed by atoms with Crippen LogP contribution in [0.4, 0.5) is 0 Å². The molecule has 0 heterocycles. The van der Waals surface area contributed by atoms with E-state index in [4.69, 9.17) is 22.2 Å². The fourth-order valence-electron chi connectivity index (χ4n) is 2.36. The maximum absolute atomic E-state index is 6.20. The van der Waals surface area contributed by atoms with E-state index in [2.05, 4.69) is 18.7 Å². The monoisotopic (exact) mass is 206 g/mol. The third-order valence-electron chi connectivity index (χ3n) is 2.93. The molecule has 0 aromatic rings. The maximum Gasteiger partial charge on any atom is 0.251 e. The van der Waals surface area contributed by atoms with E-state index in [1.165, 1.54) is 12.8 Å². The van der Waals surface area contributed by atoms with Crippen LogP contribution in [0.25, 0.3) is 0 Å². The number of allylic oxidation sites excluding steroid dienone is 2. The standard InChI is InChI=1S/C8H12Cl2Si/c1-11(9,10)8-5-6-2-3-7(8)4-6/h2-3,6-8H,4-5H2,1H3/t6-,7-,8+/m0/s1. The molecule has 0 radical (unpaired) electrons. The lowest BCUT2D eigenvalue weighted by molar-refractivity contribution is 0.686. The average molecular weight is 207 g/mol. The average Bonchev–Trinajstić information content (AvgIpc) is 2.42. The minimum Gasteiger partial charge on any atom is -0.146 e. The summed E-state index contributed by atoms with van der Waals surface area (Å²) in [5.41, 5.74) is 0.626. The van der Waals surface area contributed by atoms with Crippen molar-refractivity contribution >= 4 is 28.9 Å². The summed E-state index contributed by atoms with van der Waals surface area (Å²) in [5, 5.41) is 0. The van der Waals surface area contributed by atoms with E-state index < -0.39 is 6.69 Å². The Bertz CT molecular complexity index is 195. The van der Waals surface area contributed by atoms with Crippen LogP contribution in [0, 0.1) is 11.8 Å². The lowest BCUT2D eigenvalue weighted by Gasteiger charge is -2.25. The molecule has 0 nitrogen and oxygen atoms in total. The second kappa shape index (κ2) is 2.51. The molecular formula is C8H12Cl2Si. The molecule has 2 bridgehead atoms. The Hall–Kier alpha value is 0.537. The highest BCUT2D eigenvalue weighted by atomic mass is 35.7. The molecular weight excluding hydrogens is 195 g/mol. The van der Waals surface area contributed by atoms with E-state index >= 15 is 0 Å². The van der Waals surface area contributed by atoms with Gasteiger partial charge in [-0.3, -0.25) is 0 Å². The summed E-state index contributed by atoms with van der Waals surface area (Å²) in [6, 6.07) is 0. The van der Waals surface area contributed by atoms with Gasteiger partial charge in [0.2, 0.25) is 0 Å². The highest BCUT2D eigenvalue weighted by Gasteiger charge is 2.46. The lowest BCUT2D eigenvalue weighted by atomic mass is 10.1. The molecule has 3 heteroatoms. The van der Waals surface area contributed by atoms with Gasteiger partial charge in [-0.25, -0.2) is 0 Å². The highest BCUT2D eigenvalue weighted by molar-refractivity contribution is 7.45. The molecule has 0 spiro atoms. The van der Waals surface area contributed by atoms with Crippen LogP contribution in [0.1, 0.15) is 12.8 Å². The molecule has 62 valence electrons. The molecule has 0 N–H and O–H groups in total. The summed E-state index contributed by atoms with van der Waals surface area (Å²) >= 11 is 12.4. The third-order valence-corrected chi connectivity index (χ3v) is 6.58. The summed E-state index contributed by atoms with van der Waals surface area (Å²) in [4.78, 5) is 0. The van der Waals surface area contributed by atoms with E-state index in [1.54, 1.807) is 0 Å². The predicted molar refractivity (Wildman–Crippen MR) is 52.4 cm³/mol. The molecule has 3 atom stereocenters. The topological polar surface area (TPSA) is 0 Å². The normalized spacial score (nSPS) is 41.9. The van der Waals surface area contributed by atoms with Crippen molar-refractivity contribution < 1.29 is 0 Å². The first-order valence-electron chi connectivity index (χ1n) is 4.13. The van der Waals surface area contributed by atoms with Crippen LogP contribution in [0.3, 0.4) is 0 Å². The zero-order valence-electron chi connectivity index (χ0n) is 6.56. The number of rotatable bonds is 1. The van der Waals surface area contributed by atoms with E-state index in [1.807, 2.05) is 0 Å². The van der Waals surface area contributed by atoms with Crippen molar-refractivity contribution in [3.8, 4) is 0 Å². The van der Waals surface area contributed by atoms with E-state index in [9.17, 15) is 0 Å². The zero-order valence-corrected chi connectivity index (χ0v) is 9.07. The number of fused-ring (bicyclic) bond motifs is 2. The fraction of sp³-hybridized carbons (Fsp3) is 0.750. The molecule has 0 aliphatic heterocycles. The van der Waals surface area contributed by atoms with Crippen molar-refractivity contribution in [3.05, 3.63) is 12.2 Å². The summed E-state index contributed by atoms with van der Waals surface area (Å²) in [5.74, 6) is 1.51. The van der Waals surface area contributed by atoms with Crippen LogP contribution in [0.2, 0.25) is 12.1 Å². The van der Waals surface area contributed by atoms with Crippen molar-refractivity contribution in [2.24, 2.45) is 11.8 Å². The second-order valence-electron chi connectivity index (χ2n) is 3.84. The van der Waals surface area contributed by atoms with Gasteiger partial charge >= 0.3 is 0 Å². The molecule has 1 fully saturated rings. The Kier molecular flexibility index (Phi) is 1.86. The molecule has 2 rings (SSSR count). The van der Waals surface area contributed by atoms with Crippen LogP contribution < -0.4 is 0 Å². The van der Waals surface area contributed by atoms with E-state index in [0.29, 0.717) is 11.5 Å². The predicted octanol–water partition coefficient (Wildman–Crippen LogP) is 3.50. The van der Waals surface area contributed by atoms with Gasteiger partial charge in [-0.1, -0.05) is 12.2 Å². The van der Waals surface area contributed by atoms with Gasteiger partial charge in [0.15, 0.2) is 0 Å². The van der Waals surface area contributed by atoms with Gasteiger partial charge in [0.1, 0.15) is 0 Å². The number of hydrogen-bond donors (Lipinski definition) is 0. The summed E-state index contributed by atoms with van der Waals surface area (Å²) in [7, 11) is 0. The van der Waals surface area contributed by atoms with Gasteiger partial charge in [-0.05, 0) is 36.8 Å². The Morgan fingerprint density at radius 1 is 1.27 bits per heavy atom. The Morgan fingerprint density at radius 2 is 2.00 bits per heavy atom. The van der Waals surface area contributed by atoms with Gasteiger partial charge in [0.05, 0.1) is 0 Å². The molecule has 1 saturated carbocycles. The van der Waals surface area contributed by atoms with Gasteiger partial charge in [0, 0.05) is 0 Å². The van der Waals surface area contributed by atoms with Crippen LogP contribution in [0.15, 0.2) is 12.2 Å². The molecule has 0 amide bonds. The zero-order chi connectivity index (χ0) is 8.06. The molecule has 11 heavy (non-hydrogen) atoms. The molecule has 2 aliphatic carbocycles. The Balaban J connectivity index is 2.15. The van der Waals surface area contributed by atoms with Crippen molar-refractivity contribution in [2.45, 2.75) is 24.9 Å². The Morgan fingerprint density at radius 3 is 2.27 bits per heavy atom. The first kappa shape index (κ1) is 8.15. The van der Waals surface area contributed by atoms with Gasteiger partial charge < -0.3 is 0 Å². The summed E-state index contributed by atoms with van der Waals surface area (Å²) < 4.78 is 0. The molecule has 0 saturated heterocycles. The molecule has 0 unspecified atom stereocenters. The van der Waals surface area contributed by atoms with E-state index in [0.717, 1.165) is 5.92 Å². The van der Waals surface area contributed by atoms with Crippen molar-refractivity contribution in [3.63, 3.8) is 0 Å². The first-order valence-corrected chi connectivity index (χ1v) is 8.73. The summed E-state index contributed by atoms with van der Waals surface area (Å²) in [6.07, 6.45) is 7.20. The highest BCUT2D eigenvalue weighted by Crippen LogP contribution is 2.53. The minimum atomic E-state index is -1.88. The van der Waals surface area contributed by atoms with Crippen molar-refractivity contribution in [2.75, 3.05) is 0 Å². The third kappa shape index (κ3) is 1.39. The largest absolute Gasteiger partial charge is 0.251 e. The lowest BCUT2D eigenvalue weighted by Crippen LogP contribution is -2.25. The van der Waals surface area contributed by atoms with Gasteiger partial charge in [-0.15, -0.1) is 22.2 Å². The maximum atomic E-state index is 6.20. The number of hydrogen-bond acceptors (Lipinski definition) is 0. The Labute approximate surface area is 78.0 Å². The van der Waals surface area contributed by atoms with Crippen molar-refractivity contribution in [1.29, 1.82) is 0 Å². The van der Waals surface area contributed by atoms with Gasteiger partial charge in [-0.2, -0.15) is 0 Å². The van der Waals surface area contributed by atoms with Crippen LogP contribution >= 0.6 is 22.2 Å². The van der Waals surface area contributed by atoms with Crippen LogP contribution in [-0.2, 0) is 0 Å². The fourth-order valence-corrected chi connectivity index (χ4v) is 5.58. The number of halogens is 2. The SMILES string of the molecule is C[Si](Cl)(Cl)[C@@H]1C[C@H]2C=C[C@H]1C2. The minimum absolute atomic E-state index is 0.626. The van der Waals surface area contributed by atoms with Crippen molar-refractivity contribution in [1.82, 2.24) is 0 Å². The van der Waals surface area contributed by atoms with E-state index in [-0.39, 0.29) is 0 Å². The first-order chi connectivity index (χ1) is 5.07. The smallest absolute Gasteiger partial charge is 0.146 e. The second-order valence-corrected chi connectivity index (χ2v) is 11.8. The molecule has 2 aliphatic rings. The quantitative estimate of drug-likeness (QED) is 0.350. The molecule has 0 aromatic carbocycles. The van der Waals surface area contributed by atoms with Crippen LogP contribution in [0.5, 0.6) is 0 Å². The summed E-state index contributed by atoms with van der Waals surface area (Å²) in [6.45, 7) is 0.166. The molecule has 0 aromatic heterocycles. The van der Waals surface area contributed by atoms with Gasteiger partial charge in [0.25, 0.3) is 6.69 Å².